The zero-order valence-electron chi connectivity index (χ0n) is 19.1. The molecule has 180 valence electrons. The summed E-state index contributed by atoms with van der Waals surface area (Å²) in [5.74, 6) is -0.448. The van der Waals surface area contributed by atoms with Gasteiger partial charge in [-0.25, -0.2) is 26.6 Å². The van der Waals surface area contributed by atoms with Crippen molar-refractivity contribution in [2.24, 2.45) is 0 Å². The summed E-state index contributed by atoms with van der Waals surface area (Å²) >= 11 is 1.13. The molecule has 1 aliphatic rings. The zero-order valence-corrected chi connectivity index (χ0v) is 20.7. The second kappa shape index (κ2) is 9.07. The monoisotopic (exact) mass is 511 g/mol. The Morgan fingerprint density at radius 1 is 1.29 bits per heavy atom. The number of pyridine rings is 2. The van der Waals surface area contributed by atoms with Crippen LogP contribution in [0.25, 0.3) is 16.6 Å². The largest absolute Gasteiger partial charge is 0.265 e. The highest BCUT2D eigenvalue weighted by Crippen LogP contribution is 2.37. The van der Waals surface area contributed by atoms with E-state index in [1.165, 1.54) is 35.1 Å². The minimum absolute atomic E-state index is 0.0673. The molecule has 0 radical (unpaired) electrons. The van der Waals surface area contributed by atoms with Crippen LogP contribution in [0.3, 0.4) is 0 Å². The summed E-state index contributed by atoms with van der Waals surface area (Å²) in [5, 5.41) is 18.7. The first-order chi connectivity index (χ1) is 16.8. The van der Waals surface area contributed by atoms with E-state index in [4.69, 9.17) is 0 Å². The third-order valence-corrected chi connectivity index (χ3v) is 8.45. The molecule has 0 amide bonds. The lowest BCUT2D eigenvalue weighted by molar-refractivity contribution is 0.252. The van der Waals surface area contributed by atoms with Gasteiger partial charge in [0.05, 0.1) is 35.8 Å². The van der Waals surface area contributed by atoms with Crippen molar-refractivity contribution < 1.29 is 12.8 Å². The molecule has 5 rings (SSSR count). The van der Waals surface area contributed by atoms with E-state index < -0.39 is 15.8 Å². The molecule has 0 aromatic carbocycles. The van der Waals surface area contributed by atoms with Gasteiger partial charge in [0, 0.05) is 47.2 Å². The number of rotatable bonds is 5. The van der Waals surface area contributed by atoms with Crippen LogP contribution in [0.2, 0.25) is 0 Å². The van der Waals surface area contributed by atoms with Gasteiger partial charge >= 0.3 is 0 Å². The Labute approximate surface area is 206 Å². The molecule has 9 nitrogen and oxygen atoms in total. The lowest BCUT2D eigenvalue weighted by Gasteiger charge is -2.31. The highest BCUT2D eigenvalue weighted by Gasteiger charge is 2.29. The Bertz CT molecular complexity index is 1570. The van der Waals surface area contributed by atoms with Crippen LogP contribution in [0.5, 0.6) is 0 Å². The minimum atomic E-state index is -3.27. The summed E-state index contributed by atoms with van der Waals surface area (Å²) in [6.45, 7) is 2.84. The summed E-state index contributed by atoms with van der Waals surface area (Å²) in [6.07, 6.45) is 9.39. The molecule has 0 unspecified atom stereocenters. The van der Waals surface area contributed by atoms with E-state index in [9.17, 15) is 18.1 Å². The second-order valence-electron chi connectivity index (χ2n) is 8.45. The number of aromatic nitrogens is 5. The van der Waals surface area contributed by atoms with E-state index in [2.05, 4.69) is 21.3 Å². The molecule has 0 spiro atoms. The van der Waals surface area contributed by atoms with Crippen molar-refractivity contribution in [1.82, 2.24) is 28.7 Å². The smallest absolute Gasteiger partial charge is 0.211 e. The van der Waals surface area contributed by atoms with Crippen LogP contribution in [0, 0.1) is 24.1 Å². The number of fused-ring (bicyclic) bond motifs is 1. The van der Waals surface area contributed by atoms with Crippen molar-refractivity contribution in [3.05, 3.63) is 60.1 Å². The van der Waals surface area contributed by atoms with Gasteiger partial charge < -0.3 is 0 Å². The van der Waals surface area contributed by atoms with Gasteiger partial charge in [-0.1, -0.05) is 11.8 Å². The predicted molar refractivity (Wildman–Crippen MR) is 129 cm³/mol. The number of sulfonamides is 1. The second-order valence-corrected chi connectivity index (χ2v) is 11.5. The van der Waals surface area contributed by atoms with E-state index in [1.807, 2.05) is 23.9 Å². The van der Waals surface area contributed by atoms with Crippen molar-refractivity contribution in [1.29, 1.82) is 5.26 Å². The molecule has 1 fully saturated rings. The molecule has 35 heavy (non-hydrogen) atoms. The average Bonchev–Trinajstić information content (AvgIpc) is 3.43. The third kappa shape index (κ3) is 4.42. The van der Waals surface area contributed by atoms with Crippen molar-refractivity contribution in [3.8, 4) is 17.2 Å². The van der Waals surface area contributed by atoms with E-state index >= 15 is 0 Å². The van der Waals surface area contributed by atoms with Crippen LogP contribution < -0.4 is 0 Å². The topological polar surface area (TPSA) is 109 Å². The number of hydrogen-bond acceptors (Lipinski definition) is 7. The highest BCUT2D eigenvalue weighted by molar-refractivity contribution is 7.99. The fourth-order valence-electron chi connectivity index (χ4n) is 4.44. The van der Waals surface area contributed by atoms with Gasteiger partial charge in [0.25, 0.3) is 0 Å². The molecule has 1 aliphatic heterocycles. The molecule has 0 saturated carbocycles. The van der Waals surface area contributed by atoms with Crippen molar-refractivity contribution in [2.45, 2.75) is 35.7 Å². The van der Waals surface area contributed by atoms with E-state index in [-0.39, 0.29) is 11.1 Å². The molecule has 4 aromatic rings. The Balaban J connectivity index is 1.56. The molecule has 0 N–H and O–H groups in total. The Kier molecular flexibility index (Phi) is 6.08. The maximum Gasteiger partial charge on any atom is 0.211 e. The SMILES string of the molecule is Cc1c(-c2cc(Sc3ncccc3F)c3c(C#N)cnn3c2)cnn1[C@H]1CCCN(S(C)(=O)=O)C1. The number of hydrogen-bond donors (Lipinski definition) is 0. The number of nitriles is 1. The zero-order chi connectivity index (χ0) is 24.7. The van der Waals surface area contributed by atoms with Crippen LogP contribution in [0.4, 0.5) is 4.39 Å². The lowest BCUT2D eigenvalue weighted by atomic mass is 10.1. The van der Waals surface area contributed by atoms with Gasteiger partial charge in [-0.15, -0.1) is 0 Å². The maximum absolute atomic E-state index is 14.4. The first-order valence-corrected chi connectivity index (χ1v) is 13.6. The van der Waals surface area contributed by atoms with Crippen molar-refractivity contribution in [3.63, 3.8) is 0 Å². The summed E-state index contributed by atoms with van der Waals surface area (Å²) in [6, 6.07) is 6.83. The quantitative estimate of drug-likeness (QED) is 0.402. The standard InChI is InChI=1S/C23H22FN7O2S2/c1-15-19(12-28-31(15)18-5-4-8-29(14-18)35(2,32)33)16-9-21(34-23-20(24)6-3-7-26-23)22-17(10-25)11-27-30(22)13-16/h3,6-7,9,11-13,18H,4-5,8,14H2,1-2H3/t18-/m0/s1. The van der Waals surface area contributed by atoms with Gasteiger partial charge in [0.1, 0.15) is 11.1 Å². The van der Waals surface area contributed by atoms with Gasteiger partial charge in [-0.05, 0) is 38.0 Å². The molecule has 12 heteroatoms. The summed E-state index contributed by atoms with van der Waals surface area (Å²) in [4.78, 5) is 4.78. The average molecular weight is 512 g/mol. The fourth-order valence-corrected chi connectivity index (χ4v) is 6.32. The first kappa shape index (κ1) is 23.5. The van der Waals surface area contributed by atoms with Gasteiger partial charge in [-0.3, -0.25) is 4.68 Å². The number of piperidine rings is 1. The molecule has 0 bridgehead atoms. The maximum atomic E-state index is 14.4. The Morgan fingerprint density at radius 2 is 2.11 bits per heavy atom. The van der Waals surface area contributed by atoms with E-state index in [0.29, 0.717) is 29.1 Å². The van der Waals surface area contributed by atoms with Gasteiger partial charge in [-0.2, -0.15) is 15.5 Å². The van der Waals surface area contributed by atoms with Crippen molar-refractivity contribution >= 4 is 27.3 Å². The Morgan fingerprint density at radius 3 is 2.86 bits per heavy atom. The fraction of sp³-hybridized carbons (Fsp3) is 0.304. The van der Waals surface area contributed by atoms with Crippen LogP contribution in [0.1, 0.15) is 30.1 Å². The normalized spacial score (nSPS) is 17.0. The van der Waals surface area contributed by atoms with Crippen molar-refractivity contribution in [2.75, 3.05) is 19.3 Å². The summed E-state index contributed by atoms with van der Waals surface area (Å²) in [5.41, 5.74) is 3.49. The van der Waals surface area contributed by atoms with E-state index in [1.54, 1.807) is 10.7 Å². The molecule has 4 aromatic heterocycles. The highest BCUT2D eigenvalue weighted by atomic mass is 32.2. The number of halogens is 1. The van der Waals surface area contributed by atoms with Crippen LogP contribution >= 0.6 is 11.8 Å². The first-order valence-electron chi connectivity index (χ1n) is 11.0. The van der Waals surface area contributed by atoms with Gasteiger partial charge in [0.15, 0.2) is 5.82 Å². The Hall–Kier alpha value is -3.27. The predicted octanol–water partition coefficient (Wildman–Crippen LogP) is 3.66. The van der Waals surface area contributed by atoms with Gasteiger partial charge in [0.2, 0.25) is 10.0 Å². The molecular weight excluding hydrogens is 489 g/mol. The molecule has 5 heterocycles. The van der Waals surface area contributed by atoms with Crippen LogP contribution in [-0.4, -0.2) is 56.4 Å². The third-order valence-electron chi connectivity index (χ3n) is 6.16. The lowest BCUT2D eigenvalue weighted by Crippen LogP contribution is -2.40. The van der Waals surface area contributed by atoms with E-state index in [0.717, 1.165) is 41.4 Å². The minimum Gasteiger partial charge on any atom is -0.265 e. The number of nitrogens with zero attached hydrogens (tertiary/aromatic N) is 7. The molecule has 1 saturated heterocycles. The summed E-state index contributed by atoms with van der Waals surface area (Å²) < 4.78 is 43.5. The van der Waals surface area contributed by atoms with Crippen LogP contribution in [0.15, 0.2) is 52.9 Å². The molecule has 1 atom stereocenters. The summed E-state index contributed by atoms with van der Waals surface area (Å²) in [7, 11) is -3.27. The molecule has 0 aliphatic carbocycles. The van der Waals surface area contributed by atoms with Crippen LogP contribution in [-0.2, 0) is 10.0 Å². The molecular formula is C23H22FN7O2S2.